The van der Waals surface area contributed by atoms with Gasteiger partial charge in [-0.05, 0) is 36.8 Å². The van der Waals surface area contributed by atoms with Gasteiger partial charge in [-0.2, -0.15) is 0 Å². The summed E-state index contributed by atoms with van der Waals surface area (Å²) >= 11 is 0. The zero-order valence-electron chi connectivity index (χ0n) is 18.5. The van der Waals surface area contributed by atoms with Gasteiger partial charge in [0, 0.05) is 13.2 Å². The van der Waals surface area contributed by atoms with Gasteiger partial charge >= 0.3 is 0 Å². The van der Waals surface area contributed by atoms with Crippen molar-refractivity contribution in [3.8, 4) is 17.2 Å². The number of nitrogens with one attached hydrogen (secondary N) is 1. The standard InChI is InChI=1S/C22H24N2O8S/c1-5-32-18-10-13(6-9-17(18)31-3)15(11-33(4,29)30)24-21(27)14-7-8-16(26)20(23-12(2)25)19(14)22(24)28/h6-10,15,26H,5,11H2,1-4H3,(H,23,25). The van der Waals surface area contributed by atoms with E-state index in [1.165, 1.54) is 32.2 Å². The summed E-state index contributed by atoms with van der Waals surface area (Å²) in [5.74, 6) is -2.35. The third-order valence-electron chi connectivity index (χ3n) is 5.01. The number of fused-ring (bicyclic) bond motifs is 1. The zero-order valence-corrected chi connectivity index (χ0v) is 19.4. The van der Waals surface area contributed by atoms with E-state index in [-0.39, 0.29) is 16.8 Å². The Morgan fingerprint density at radius 3 is 2.42 bits per heavy atom. The van der Waals surface area contributed by atoms with E-state index >= 15 is 0 Å². The molecule has 0 spiro atoms. The molecule has 0 saturated heterocycles. The fraction of sp³-hybridized carbons (Fsp3) is 0.318. The largest absolute Gasteiger partial charge is 0.506 e. The van der Waals surface area contributed by atoms with Crippen LogP contribution in [0.3, 0.4) is 0 Å². The Labute approximate surface area is 191 Å². The van der Waals surface area contributed by atoms with Gasteiger partial charge in [0.15, 0.2) is 11.5 Å². The van der Waals surface area contributed by atoms with E-state index in [0.29, 0.717) is 23.7 Å². The van der Waals surface area contributed by atoms with E-state index in [2.05, 4.69) is 5.32 Å². The van der Waals surface area contributed by atoms with Gasteiger partial charge in [0.05, 0.1) is 42.3 Å². The molecule has 1 heterocycles. The zero-order chi connectivity index (χ0) is 24.5. The minimum absolute atomic E-state index is 0.0569. The van der Waals surface area contributed by atoms with E-state index in [0.717, 1.165) is 11.2 Å². The van der Waals surface area contributed by atoms with Crippen LogP contribution in [0.15, 0.2) is 30.3 Å². The van der Waals surface area contributed by atoms with Gasteiger partial charge < -0.3 is 19.9 Å². The van der Waals surface area contributed by atoms with Crippen LogP contribution in [0.5, 0.6) is 17.2 Å². The second-order valence-electron chi connectivity index (χ2n) is 7.50. The monoisotopic (exact) mass is 476 g/mol. The number of ether oxygens (including phenoxy) is 2. The minimum Gasteiger partial charge on any atom is -0.506 e. The maximum atomic E-state index is 13.4. The summed E-state index contributed by atoms with van der Waals surface area (Å²) in [6, 6.07) is 5.88. The Hall–Kier alpha value is -3.60. The summed E-state index contributed by atoms with van der Waals surface area (Å²) in [6.07, 6.45) is 1.000. The highest BCUT2D eigenvalue weighted by atomic mass is 32.2. The van der Waals surface area contributed by atoms with E-state index < -0.39 is 45.1 Å². The number of nitrogens with zero attached hydrogens (tertiary/aromatic N) is 1. The number of benzene rings is 2. The smallest absolute Gasteiger partial charge is 0.264 e. The van der Waals surface area contributed by atoms with Crippen molar-refractivity contribution < 1.29 is 37.4 Å². The van der Waals surface area contributed by atoms with Gasteiger partial charge in [-0.15, -0.1) is 0 Å². The molecular weight excluding hydrogens is 452 g/mol. The second-order valence-corrected chi connectivity index (χ2v) is 9.68. The maximum absolute atomic E-state index is 13.4. The highest BCUT2D eigenvalue weighted by Crippen LogP contribution is 2.41. The Morgan fingerprint density at radius 2 is 1.85 bits per heavy atom. The van der Waals surface area contributed by atoms with Crippen LogP contribution in [0.25, 0.3) is 0 Å². The first-order valence-corrected chi connectivity index (χ1v) is 12.0. The van der Waals surface area contributed by atoms with Crippen LogP contribution in [0, 0.1) is 0 Å². The summed E-state index contributed by atoms with van der Waals surface area (Å²) in [4.78, 5) is 39.1. The Kier molecular flexibility index (Phi) is 6.63. The molecule has 33 heavy (non-hydrogen) atoms. The topological polar surface area (TPSA) is 139 Å². The molecule has 1 aliphatic rings. The van der Waals surface area contributed by atoms with Crippen molar-refractivity contribution in [2.75, 3.05) is 31.0 Å². The predicted octanol–water partition coefficient (Wildman–Crippen LogP) is 2.14. The lowest BCUT2D eigenvalue weighted by Crippen LogP contribution is -2.37. The van der Waals surface area contributed by atoms with Crippen LogP contribution in [0.1, 0.15) is 46.2 Å². The van der Waals surface area contributed by atoms with Crippen LogP contribution in [-0.2, 0) is 14.6 Å². The molecule has 0 saturated carbocycles. The number of rotatable bonds is 8. The molecule has 0 aromatic heterocycles. The molecule has 0 radical (unpaired) electrons. The van der Waals surface area contributed by atoms with Gasteiger partial charge in [-0.25, -0.2) is 8.42 Å². The normalized spacial score (nSPS) is 14.1. The van der Waals surface area contributed by atoms with Gasteiger partial charge in [-0.3, -0.25) is 19.3 Å². The Balaban J connectivity index is 2.16. The first-order valence-electron chi connectivity index (χ1n) is 9.98. The first kappa shape index (κ1) is 24.1. The van der Waals surface area contributed by atoms with Crippen LogP contribution >= 0.6 is 0 Å². The number of carbonyl (C=O) groups is 3. The van der Waals surface area contributed by atoms with Crippen molar-refractivity contribution in [1.82, 2.24) is 4.90 Å². The van der Waals surface area contributed by atoms with Crippen LogP contribution in [0.4, 0.5) is 5.69 Å². The fourth-order valence-electron chi connectivity index (χ4n) is 3.70. The molecule has 1 unspecified atom stereocenters. The van der Waals surface area contributed by atoms with Gasteiger partial charge in [-0.1, -0.05) is 6.07 Å². The molecule has 3 amide bonds. The second kappa shape index (κ2) is 9.10. The number of sulfone groups is 1. The highest BCUT2D eigenvalue weighted by molar-refractivity contribution is 7.90. The van der Waals surface area contributed by atoms with E-state index in [9.17, 15) is 27.9 Å². The first-order chi connectivity index (χ1) is 15.5. The molecule has 3 rings (SSSR count). The van der Waals surface area contributed by atoms with Gasteiger partial charge in [0.1, 0.15) is 15.6 Å². The third kappa shape index (κ3) is 4.77. The van der Waals surface area contributed by atoms with Crippen LogP contribution in [-0.4, -0.2) is 61.9 Å². The number of anilines is 1. The number of hydrogen-bond donors (Lipinski definition) is 2. The number of methoxy groups -OCH3 is 1. The summed E-state index contributed by atoms with van der Waals surface area (Å²) in [5, 5.41) is 12.6. The van der Waals surface area contributed by atoms with E-state index in [1.54, 1.807) is 19.1 Å². The van der Waals surface area contributed by atoms with Crippen LogP contribution < -0.4 is 14.8 Å². The molecule has 1 atom stereocenters. The molecule has 0 bridgehead atoms. The number of carbonyl (C=O) groups excluding carboxylic acids is 3. The maximum Gasteiger partial charge on any atom is 0.264 e. The number of phenols is 1. The SMILES string of the molecule is CCOc1cc(C(CS(C)(=O)=O)N2C(=O)c3ccc(O)c(NC(C)=O)c3C2=O)ccc1OC. The summed E-state index contributed by atoms with van der Waals surface area (Å²) in [6.45, 7) is 3.26. The van der Waals surface area contributed by atoms with Crippen molar-refractivity contribution in [3.05, 3.63) is 47.0 Å². The average Bonchev–Trinajstić information content (AvgIpc) is 2.98. The van der Waals surface area contributed by atoms with E-state index in [4.69, 9.17) is 9.47 Å². The fourth-order valence-corrected chi connectivity index (χ4v) is 4.61. The lowest BCUT2D eigenvalue weighted by Gasteiger charge is -2.27. The number of hydrogen-bond acceptors (Lipinski definition) is 8. The molecule has 1 aliphatic heterocycles. The summed E-state index contributed by atoms with van der Waals surface area (Å²) in [5.41, 5.74) is -0.126. The number of phenolic OH excluding ortho intramolecular Hbond substituents is 1. The molecule has 0 fully saturated rings. The number of amides is 3. The van der Waals surface area contributed by atoms with Crippen molar-refractivity contribution in [1.29, 1.82) is 0 Å². The molecule has 2 aromatic rings. The summed E-state index contributed by atoms with van der Waals surface area (Å²) in [7, 11) is -2.21. The third-order valence-corrected chi connectivity index (χ3v) is 5.93. The molecule has 0 aliphatic carbocycles. The van der Waals surface area contributed by atoms with Crippen LogP contribution in [0.2, 0.25) is 0 Å². The molecular formula is C22H24N2O8S. The number of aromatic hydroxyl groups is 1. The lowest BCUT2D eigenvalue weighted by molar-refractivity contribution is -0.114. The van der Waals surface area contributed by atoms with Gasteiger partial charge in [0.25, 0.3) is 11.8 Å². The Bertz CT molecular complexity index is 1240. The highest BCUT2D eigenvalue weighted by Gasteiger charge is 2.44. The van der Waals surface area contributed by atoms with Crippen molar-refractivity contribution >= 4 is 33.2 Å². The average molecular weight is 477 g/mol. The Morgan fingerprint density at radius 1 is 1.15 bits per heavy atom. The van der Waals surface area contributed by atoms with Gasteiger partial charge in [0.2, 0.25) is 5.91 Å². The molecule has 2 aromatic carbocycles. The molecule has 2 N–H and O–H groups in total. The molecule has 10 nitrogen and oxygen atoms in total. The molecule has 11 heteroatoms. The van der Waals surface area contributed by atoms with Crippen molar-refractivity contribution in [2.45, 2.75) is 19.9 Å². The minimum atomic E-state index is -3.66. The lowest BCUT2D eigenvalue weighted by atomic mass is 10.1. The predicted molar refractivity (Wildman–Crippen MR) is 120 cm³/mol. The van der Waals surface area contributed by atoms with Crippen molar-refractivity contribution in [3.63, 3.8) is 0 Å². The summed E-state index contributed by atoms with van der Waals surface area (Å²) < 4.78 is 35.3. The molecule has 176 valence electrons. The number of imide groups is 1. The van der Waals surface area contributed by atoms with E-state index in [1.807, 2.05) is 0 Å². The quantitative estimate of drug-likeness (QED) is 0.436. The van der Waals surface area contributed by atoms with Crippen molar-refractivity contribution in [2.24, 2.45) is 0 Å².